The van der Waals surface area contributed by atoms with Crippen molar-refractivity contribution in [2.24, 2.45) is 0 Å². The van der Waals surface area contributed by atoms with Crippen LogP contribution in [0.25, 0.3) is 0 Å². The Bertz CT molecular complexity index is 778. The van der Waals surface area contributed by atoms with Crippen molar-refractivity contribution >= 4 is 17.7 Å². The number of carbonyl (C=O) groups excluding carboxylic acids is 1. The van der Waals surface area contributed by atoms with Crippen molar-refractivity contribution in [3.8, 4) is 11.5 Å². The minimum Gasteiger partial charge on any atom is -0.496 e. The van der Waals surface area contributed by atoms with Crippen molar-refractivity contribution in [3.05, 3.63) is 59.2 Å². The molecule has 1 atom stereocenters. The van der Waals surface area contributed by atoms with Crippen LogP contribution in [0.5, 0.6) is 11.5 Å². The largest absolute Gasteiger partial charge is 0.496 e. The molecule has 0 spiro atoms. The van der Waals surface area contributed by atoms with Gasteiger partial charge >= 0.3 is 0 Å². The molecule has 1 aliphatic heterocycles. The Morgan fingerprint density at radius 3 is 2.44 bits per heavy atom. The average molecular weight is 365 g/mol. The molecule has 0 saturated carbocycles. The number of methoxy groups -OCH3 is 2. The SMILES string of the molecule is COc1cccc(OC)c1C1SCC(=O)N1Cc1ccc(F)cc1F. The maximum absolute atomic E-state index is 14.0. The summed E-state index contributed by atoms with van der Waals surface area (Å²) in [6, 6.07) is 8.74. The van der Waals surface area contributed by atoms with Gasteiger partial charge in [0.25, 0.3) is 0 Å². The maximum atomic E-state index is 14.0. The highest BCUT2D eigenvalue weighted by Gasteiger charge is 2.36. The second kappa shape index (κ2) is 7.31. The molecular formula is C18H17F2NO3S. The molecule has 0 aromatic heterocycles. The highest BCUT2D eigenvalue weighted by atomic mass is 32.2. The first-order chi connectivity index (χ1) is 12.0. The summed E-state index contributed by atoms with van der Waals surface area (Å²) < 4.78 is 38.0. The lowest BCUT2D eigenvalue weighted by atomic mass is 10.1. The Labute approximate surface area is 148 Å². The van der Waals surface area contributed by atoms with E-state index < -0.39 is 11.6 Å². The fourth-order valence-electron chi connectivity index (χ4n) is 2.82. The normalized spacial score (nSPS) is 17.0. The second-order valence-corrected chi connectivity index (χ2v) is 6.57. The van der Waals surface area contributed by atoms with Gasteiger partial charge in [-0.05, 0) is 18.2 Å². The monoisotopic (exact) mass is 365 g/mol. The molecule has 1 unspecified atom stereocenters. The lowest BCUT2D eigenvalue weighted by molar-refractivity contribution is -0.128. The number of rotatable bonds is 5. The van der Waals surface area contributed by atoms with E-state index in [1.807, 2.05) is 0 Å². The average Bonchev–Trinajstić information content (AvgIpc) is 2.96. The number of hydrogen-bond donors (Lipinski definition) is 0. The number of benzene rings is 2. The Hall–Kier alpha value is -2.28. The molecule has 0 aliphatic carbocycles. The number of thioether (sulfide) groups is 1. The van der Waals surface area contributed by atoms with E-state index in [9.17, 15) is 13.6 Å². The van der Waals surface area contributed by atoms with Crippen LogP contribution in [0.1, 0.15) is 16.5 Å². The number of ether oxygens (including phenoxy) is 2. The predicted octanol–water partition coefficient (Wildman–Crippen LogP) is 3.76. The molecule has 1 aliphatic rings. The summed E-state index contributed by atoms with van der Waals surface area (Å²) in [6.07, 6.45) is 0. The Morgan fingerprint density at radius 2 is 1.84 bits per heavy atom. The van der Waals surface area contributed by atoms with Crippen LogP contribution in [0.4, 0.5) is 8.78 Å². The predicted molar refractivity (Wildman–Crippen MR) is 91.7 cm³/mol. The number of halogens is 2. The van der Waals surface area contributed by atoms with Gasteiger partial charge in [-0.1, -0.05) is 12.1 Å². The van der Waals surface area contributed by atoms with E-state index in [1.54, 1.807) is 37.3 Å². The first-order valence-corrected chi connectivity index (χ1v) is 8.66. The third-order valence-corrected chi connectivity index (χ3v) is 5.26. The zero-order valence-electron chi connectivity index (χ0n) is 13.8. The number of carbonyl (C=O) groups is 1. The minimum absolute atomic E-state index is 0.0455. The van der Waals surface area contributed by atoms with Gasteiger partial charge < -0.3 is 14.4 Å². The maximum Gasteiger partial charge on any atom is 0.234 e. The lowest BCUT2D eigenvalue weighted by Crippen LogP contribution is -2.28. The van der Waals surface area contributed by atoms with Crippen molar-refractivity contribution in [2.75, 3.05) is 20.0 Å². The van der Waals surface area contributed by atoms with Gasteiger partial charge in [0.05, 0.1) is 32.1 Å². The van der Waals surface area contributed by atoms with Crippen molar-refractivity contribution in [1.29, 1.82) is 0 Å². The zero-order chi connectivity index (χ0) is 18.0. The van der Waals surface area contributed by atoms with E-state index in [1.165, 1.54) is 23.9 Å². The molecule has 0 N–H and O–H groups in total. The van der Waals surface area contributed by atoms with Crippen LogP contribution < -0.4 is 9.47 Å². The molecule has 132 valence electrons. The molecule has 0 bridgehead atoms. The highest BCUT2D eigenvalue weighted by Crippen LogP contribution is 2.47. The van der Waals surface area contributed by atoms with Gasteiger partial charge in [-0.25, -0.2) is 8.78 Å². The molecule has 3 rings (SSSR count). The Kier molecular flexibility index (Phi) is 5.13. The van der Waals surface area contributed by atoms with Crippen LogP contribution in [0.15, 0.2) is 36.4 Å². The van der Waals surface area contributed by atoms with E-state index in [0.29, 0.717) is 11.5 Å². The summed E-state index contributed by atoms with van der Waals surface area (Å²) in [5, 5.41) is -0.372. The molecule has 7 heteroatoms. The van der Waals surface area contributed by atoms with Crippen LogP contribution in [-0.4, -0.2) is 30.8 Å². The van der Waals surface area contributed by atoms with Gasteiger partial charge in [0.15, 0.2) is 0 Å². The van der Waals surface area contributed by atoms with E-state index in [0.717, 1.165) is 11.6 Å². The molecule has 1 amide bonds. The molecular weight excluding hydrogens is 348 g/mol. The quantitative estimate of drug-likeness (QED) is 0.809. The number of hydrogen-bond acceptors (Lipinski definition) is 4. The summed E-state index contributed by atoms with van der Waals surface area (Å²) in [5.74, 6) is 0.0232. The van der Waals surface area contributed by atoms with Crippen LogP contribution >= 0.6 is 11.8 Å². The van der Waals surface area contributed by atoms with E-state index in [2.05, 4.69) is 0 Å². The Morgan fingerprint density at radius 1 is 1.16 bits per heavy atom. The minimum atomic E-state index is -0.671. The zero-order valence-corrected chi connectivity index (χ0v) is 14.6. The fourth-order valence-corrected chi connectivity index (χ4v) is 4.06. The molecule has 2 aromatic carbocycles. The lowest BCUT2D eigenvalue weighted by Gasteiger charge is -2.27. The summed E-state index contributed by atoms with van der Waals surface area (Å²) >= 11 is 1.42. The van der Waals surface area contributed by atoms with Gasteiger partial charge in [0, 0.05) is 11.6 Å². The molecule has 0 radical (unpaired) electrons. The smallest absolute Gasteiger partial charge is 0.234 e. The van der Waals surface area contributed by atoms with Crippen LogP contribution in [0.3, 0.4) is 0 Å². The van der Waals surface area contributed by atoms with E-state index >= 15 is 0 Å². The molecule has 25 heavy (non-hydrogen) atoms. The molecule has 4 nitrogen and oxygen atoms in total. The topological polar surface area (TPSA) is 38.8 Å². The summed E-state index contributed by atoms with van der Waals surface area (Å²) in [5.41, 5.74) is 0.988. The van der Waals surface area contributed by atoms with Gasteiger partial charge in [-0.2, -0.15) is 0 Å². The van der Waals surface area contributed by atoms with Crippen LogP contribution in [0.2, 0.25) is 0 Å². The van der Waals surface area contributed by atoms with Crippen LogP contribution in [-0.2, 0) is 11.3 Å². The van der Waals surface area contributed by atoms with E-state index in [4.69, 9.17) is 9.47 Å². The van der Waals surface area contributed by atoms with E-state index in [-0.39, 0.29) is 29.1 Å². The van der Waals surface area contributed by atoms with Crippen molar-refractivity contribution in [3.63, 3.8) is 0 Å². The third kappa shape index (κ3) is 3.42. The third-order valence-electron chi connectivity index (χ3n) is 4.04. The highest BCUT2D eigenvalue weighted by molar-refractivity contribution is 8.00. The van der Waals surface area contributed by atoms with Gasteiger partial charge in [-0.3, -0.25) is 4.79 Å². The molecule has 1 fully saturated rings. The summed E-state index contributed by atoms with van der Waals surface area (Å²) in [6.45, 7) is 0.0455. The van der Waals surface area contributed by atoms with Gasteiger partial charge in [0.2, 0.25) is 5.91 Å². The van der Waals surface area contributed by atoms with Crippen LogP contribution in [0, 0.1) is 11.6 Å². The van der Waals surface area contributed by atoms with Crippen molar-refractivity contribution < 1.29 is 23.0 Å². The fraction of sp³-hybridized carbons (Fsp3) is 0.278. The Balaban J connectivity index is 1.98. The number of amides is 1. The van der Waals surface area contributed by atoms with Crippen molar-refractivity contribution in [2.45, 2.75) is 11.9 Å². The van der Waals surface area contributed by atoms with Gasteiger partial charge in [-0.15, -0.1) is 11.8 Å². The van der Waals surface area contributed by atoms with Crippen molar-refractivity contribution in [1.82, 2.24) is 4.90 Å². The van der Waals surface area contributed by atoms with Gasteiger partial charge in [0.1, 0.15) is 28.5 Å². The summed E-state index contributed by atoms with van der Waals surface area (Å²) in [7, 11) is 3.09. The molecule has 2 aromatic rings. The molecule has 1 saturated heterocycles. The molecule has 1 heterocycles. The first-order valence-electron chi connectivity index (χ1n) is 7.61. The first kappa shape index (κ1) is 17.5. The standard InChI is InChI=1S/C18H17F2NO3S/c1-23-14-4-3-5-15(24-2)17(14)18-21(16(22)10-25-18)9-11-6-7-12(19)8-13(11)20/h3-8,18H,9-10H2,1-2H3. The summed E-state index contributed by atoms with van der Waals surface area (Å²) in [4.78, 5) is 13.9. The number of nitrogens with zero attached hydrogens (tertiary/aromatic N) is 1. The second-order valence-electron chi connectivity index (χ2n) is 5.50.